The van der Waals surface area contributed by atoms with Gasteiger partial charge in [-0.05, 0) is 77.8 Å². The Morgan fingerprint density at radius 2 is 1.79 bits per heavy atom. The average molecular weight is 614 g/mol. The van der Waals surface area contributed by atoms with E-state index in [0.29, 0.717) is 48.7 Å². The van der Waals surface area contributed by atoms with E-state index in [9.17, 15) is 22.8 Å². The lowest BCUT2D eigenvalue weighted by Gasteiger charge is -2.36. The van der Waals surface area contributed by atoms with Crippen LogP contribution in [0.4, 0.5) is 18.9 Å². The van der Waals surface area contributed by atoms with Crippen molar-refractivity contribution in [1.82, 2.24) is 10.6 Å². The Balaban J connectivity index is 1.40. The maximum absolute atomic E-state index is 13.4. The number of nitrogens with zero attached hydrogens (tertiary/aromatic N) is 1. The van der Waals surface area contributed by atoms with E-state index >= 15 is 0 Å². The third-order valence-corrected chi connectivity index (χ3v) is 8.50. The lowest BCUT2D eigenvalue weighted by atomic mass is 9.88. The molecular formula is C33H35ClF3N3O3. The SMILES string of the molecule is CCCCc1c(N2CCC(NC(=O)c3cc(Cl)ccc3OC)CC2)ccc2c1C(C(=O)NCC(F)(F)F)c1ccccc1-2. The number of piperidine rings is 1. The molecule has 10 heteroatoms. The quantitative estimate of drug-likeness (QED) is 0.276. The zero-order chi connectivity index (χ0) is 30.7. The van der Waals surface area contributed by atoms with Gasteiger partial charge >= 0.3 is 6.18 Å². The fourth-order valence-electron chi connectivity index (χ4n) is 6.23. The van der Waals surface area contributed by atoms with Gasteiger partial charge in [0.1, 0.15) is 12.3 Å². The van der Waals surface area contributed by atoms with Crippen LogP contribution in [0.2, 0.25) is 5.02 Å². The van der Waals surface area contributed by atoms with E-state index in [1.54, 1.807) is 18.2 Å². The Bertz CT molecular complexity index is 1500. The zero-order valence-electron chi connectivity index (χ0n) is 24.2. The maximum atomic E-state index is 13.4. The Kier molecular flexibility index (Phi) is 9.20. The molecule has 228 valence electrons. The van der Waals surface area contributed by atoms with Crippen LogP contribution in [0.3, 0.4) is 0 Å². The molecule has 5 rings (SSSR count). The number of ether oxygens (including phenoxy) is 1. The molecule has 0 saturated carbocycles. The number of rotatable bonds is 9. The number of nitrogens with one attached hydrogen (secondary N) is 2. The molecule has 0 bridgehead atoms. The smallest absolute Gasteiger partial charge is 0.405 e. The van der Waals surface area contributed by atoms with E-state index in [1.165, 1.54) is 7.11 Å². The fourth-order valence-corrected chi connectivity index (χ4v) is 6.40. The maximum Gasteiger partial charge on any atom is 0.405 e. The molecule has 3 aromatic rings. The van der Waals surface area contributed by atoms with Crippen molar-refractivity contribution in [3.8, 4) is 16.9 Å². The van der Waals surface area contributed by atoms with Gasteiger partial charge in [0.05, 0.1) is 18.6 Å². The summed E-state index contributed by atoms with van der Waals surface area (Å²) in [6, 6.07) is 16.4. The Hall–Kier alpha value is -3.72. The molecule has 1 heterocycles. The summed E-state index contributed by atoms with van der Waals surface area (Å²) in [4.78, 5) is 28.7. The van der Waals surface area contributed by atoms with E-state index in [-0.39, 0.29) is 11.9 Å². The van der Waals surface area contributed by atoms with E-state index in [2.05, 4.69) is 28.5 Å². The molecule has 2 aliphatic rings. The molecule has 1 aliphatic heterocycles. The van der Waals surface area contributed by atoms with Crippen molar-refractivity contribution >= 4 is 29.1 Å². The van der Waals surface area contributed by atoms with Gasteiger partial charge in [-0.3, -0.25) is 9.59 Å². The number of carbonyl (C=O) groups is 2. The average Bonchev–Trinajstić information content (AvgIpc) is 3.33. The first-order chi connectivity index (χ1) is 20.6. The second kappa shape index (κ2) is 12.9. The van der Waals surface area contributed by atoms with Crippen LogP contribution in [0.25, 0.3) is 11.1 Å². The van der Waals surface area contributed by atoms with Gasteiger partial charge in [0, 0.05) is 29.8 Å². The van der Waals surface area contributed by atoms with Crippen LogP contribution in [0, 0.1) is 0 Å². The minimum absolute atomic E-state index is 0.0499. The first-order valence-corrected chi connectivity index (χ1v) is 15.0. The van der Waals surface area contributed by atoms with Crippen molar-refractivity contribution in [1.29, 1.82) is 0 Å². The van der Waals surface area contributed by atoms with Gasteiger partial charge in [-0.25, -0.2) is 0 Å². The topological polar surface area (TPSA) is 70.7 Å². The summed E-state index contributed by atoms with van der Waals surface area (Å²) in [5, 5.41) is 5.70. The number of fused-ring (bicyclic) bond motifs is 3. The number of halogens is 4. The largest absolute Gasteiger partial charge is 0.496 e. The van der Waals surface area contributed by atoms with E-state index < -0.39 is 24.5 Å². The molecular weight excluding hydrogens is 579 g/mol. The highest BCUT2D eigenvalue weighted by molar-refractivity contribution is 6.31. The Morgan fingerprint density at radius 3 is 2.49 bits per heavy atom. The van der Waals surface area contributed by atoms with Crippen molar-refractivity contribution < 1.29 is 27.5 Å². The van der Waals surface area contributed by atoms with E-state index in [4.69, 9.17) is 16.3 Å². The van der Waals surface area contributed by atoms with Crippen LogP contribution in [-0.2, 0) is 11.2 Å². The monoisotopic (exact) mass is 613 g/mol. The molecule has 1 fully saturated rings. The molecule has 1 aliphatic carbocycles. The van der Waals surface area contributed by atoms with Crippen molar-refractivity contribution in [3.05, 3.63) is 81.9 Å². The van der Waals surface area contributed by atoms with Gasteiger partial charge in [0.15, 0.2) is 0 Å². The molecule has 6 nitrogen and oxygen atoms in total. The molecule has 43 heavy (non-hydrogen) atoms. The van der Waals surface area contributed by atoms with Gasteiger partial charge < -0.3 is 20.3 Å². The van der Waals surface area contributed by atoms with Crippen molar-refractivity contribution in [3.63, 3.8) is 0 Å². The van der Waals surface area contributed by atoms with Crippen molar-refractivity contribution in [2.75, 3.05) is 31.6 Å². The number of anilines is 1. The predicted octanol–water partition coefficient (Wildman–Crippen LogP) is 6.88. The third kappa shape index (κ3) is 6.61. The highest BCUT2D eigenvalue weighted by Gasteiger charge is 2.39. The van der Waals surface area contributed by atoms with Crippen LogP contribution in [0.1, 0.15) is 65.6 Å². The Morgan fingerprint density at radius 1 is 1.05 bits per heavy atom. The summed E-state index contributed by atoms with van der Waals surface area (Å²) < 4.78 is 44.5. The van der Waals surface area contributed by atoms with Crippen molar-refractivity contribution in [2.45, 2.75) is 57.2 Å². The standard InChI is InChI=1S/C33H35ClF3N3O3/c1-3-4-7-25-27(40-16-14-21(15-17-40)39-31(41)26-18-20(34)10-13-28(26)43-2)12-11-24-22-8-5-6-9-23(22)30(29(24)25)32(42)38-19-33(35,36)37/h5-6,8-13,18,21,30H,3-4,7,14-17,19H2,1-2H3,(H,38,42)(H,39,41). The summed E-state index contributed by atoms with van der Waals surface area (Å²) in [6.45, 7) is 2.07. The van der Waals surface area contributed by atoms with E-state index in [0.717, 1.165) is 46.3 Å². The summed E-state index contributed by atoms with van der Waals surface area (Å²) >= 11 is 6.12. The number of amides is 2. The summed E-state index contributed by atoms with van der Waals surface area (Å²) in [5.74, 6) is -1.25. The van der Waals surface area contributed by atoms with Gasteiger partial charge in [0.25, 0.3) is 5.91 Å². The molecule has 0 aromatic heterocycles. The van der Waals surface area contributed by atoms with Gasteiger partial charge in [-0.1, -0.05) is 55.3 Å². The summed E-state index contributed by atoms with van der Waals surface area (Å²) in [7, 11) is 1.51. The zero-order valence-corrected chi connectivity index (χ0v) is 24.9. The van der Waals surface area contributed by atoms with E-state index in [1.807, 2.05) is 30.3 Å². The highest BCUT2D eigenvalue weighted by Crippen LogP contribution is 2.49. The molecule has 3 aromatic carbocycles. The van der Waals surface area contributed by atoms with Crippen LogP contribution < -0.4 is 20.3 Å². The van der Waals surface area contributed by atoms with Crippen molar-refractivity contribution in [2.24, 2.45) is 0 Å². The Labute approximate surface area is 254 Å². The summed E-state index contributed by atoms with van der Waals surface area (Å²) in [5.41, 5.74) is 5.69. The second-order valence-electron chi connectivity index (χ2n) is 11.1. The second-order valence-corrected chi connectivity index (χ2v) is 11.5. The minimum atomic E-state index is -4.50. The number of benzene rings is 3. The van der Waals surface area contributed by atoms with Gasteiger partial charge in [-0.2, -0.15) is 13.2 Å². The normalized spacial score (nSPS) is 16.4. The number of unbranched alkanes of at least 4 members (excludes halogenated alkanes) is 1. The van der Waals surface area contributed by atoms with Crippen LogP contribution >= 0.6 is 11.6 Å². The molecule has 2 amide bonds. The van der Waals surface area contributed by atoms with Crippen LogP contribution in [-0.4, -0.2) is 50.8 Å². The highest BCUT2D eigenvalue weighted by atomic mass is 35.5. The molecule has 0 spiro atoms. The molecule has 1 saturated heterocycles. The number of alkyl halides is 3. The molecule has 0 radical (unpaired) electrons. The number of hydrogen-bond acceptors (Lipinski definition) is 4. The minimum Gasteiger partial charge on any atom is -0.496 e. The molecule has 2 N–H and O–H groups in total. The lowest BCUT2D eigenvalue weighted by Crippen LogP contribution is -2.45. The third-order valence-electron chi connectivity index (χ3n) is 8.27. The van der Waals surface area contributed by atoms with Crippen LogP contribution in [0.15, 0.2) is 54.6 Å². The summed E-state index contributed by atoms with van der Waals surface area (Å²) in [6.07, 6.45) is -0.575. The predicted molar refractivity (Wildman–Crippen MR) is 162 cm³/mol. The van der Waals surface area contributed by atoms with Gasteiger partial charge in [-0.15, -0.1) is 0 Å². The number of carbonyl (C=O) groups excluding carboxylic acids is 2. The number of hydrogen-bond donors (Lipinski definition) is 2. The first kappa shape index (κ1) is 30.7. The van der Waals surface area contributed by atoms with Crippen LogP contribution in [0.5, 0.6) is 5.75 Å². The first-order valence-electron chi connectivity index (χ1n) is 14.6. The lowest BCUT2D eigenvalue weighted by molar-refractivity contribution is -0.138. The molecule has 1 atom stereocenters. The van der Waals surface area contributed by atoms with Gasteiger partial charge in [0.2, 0.25) is 5.91 Å². The number of methoxy groups -OCH3 is 1. The fraction of sp³-hybridized carbons (Fsp3) is 0.394. The molecule has 1 unspecified atom stereocenters.